The maximum atomic E-state index is 10.2. The summed E-state index contributed by atoms with van der Waals surface area (Å²) in [7, 11) is 0. The number of nitrogens with zero attached hydrogens (tertiary/aromatic N) is 2. The van der Waals surface area contributed by atoms with E-state index in [-0.39, 0.29) is 0 Å². The van der Waals surface area contributed by atoms with Crippen LogP contribution in [0.1, 0.15) is 36.8 Å². The first kappa shape index (κ1) is 24.9. The average Bonchev–Trinajstić information content (AvgIpc) is 2.69. The summed E-state index contributed by atoms with van der Waals surface area (Å²) in [6, 6.07) is 7.83. The molecule has 1 saturated carbocycles. The Bertz CT molecular complexity index is 887. The van der Waals surface area contributed by atoms with Gasteiger partial charge in [-0.25, -0.2) is 0 Å². The predicted octanol–water partition coefficient (Wildman–Crippen LogP) is 6.86. The minimum absolute atomic E-state index is 0.309. The van der Waals surface area contributed by atoms with E-state index < -0.39 is 0 Å². The molecule has 0 bridgehead atoms. The normalized spacial score (nSPS) is 19.7. The van der Waals surface area contributed by atoms with Crippen LogP contribution in [0.3, 0.4) is 0 Å². The summed E-state index contributed by atoms with van der Waals surface area (Å²) >= 11 is 8.82. The third kappa shape index (κ3) is 7.15. The Morgan fingerprint density at radius 3 is 1.63 bits per heavy atom. The van der Waals surface area contributed by atoms with Gasteiger partial charge in [0.25, 0.3) is 0 Å². The van der Waals surface area contributed by atoms with Crippen molar-refractivity contribution in [2.24, 2.45) is 21.8 Å². The highest BCUT2D eigenvalue weighted by atomic mass is 127. The van der Waals surface area contributed by atoms with Crippen LogP contribution in [-0.2, 0) is 0 Å². The Labute approximate surface area is 232 Å². The van der Waals surface area contributed by atoms with Gasteiger partial charge in [-0.1, -0.05) is 6.42 Å². The van der Waals surface area contributed by atoms with Gasteiger partial charge >= 0.3 is 0 Å². The molecule has 30 heavy (non-hydrogen) atoms. The maximum absolute atomic E-state index is 10.2. The van der Waals surface area contributed by atoms with Gasteiger partial charge in [0.05, 0.1) is 7.14 Å². The van der Waals surface area contributed by atoms with Crippen LogP contribution >= 0.6 is 90.4 Å². The molecule has 2 atom stereocenters. The Balaban J connectivity index is 1.55. The molecule has 0 saturated heterocycles. The highest BCUT2D eigenvalue weighted by molar-refractivity contribution is 14.1. The molecule has 0 aromatic heterocycles. The second-order valence-electron chi connectivity index (χ2n) is 7.54. The van der Waals surface area contributed by atoms with Gasteiger partial charge in [0, 0.05) is 43.8 Å². The van der Waals surface area contributed by atoms with Crippen LogP contribution in [0.4, 0.5) is 0 Å². The molecular weight excluding hydrogens is 832 g/mol. The molecule has 1 aliphatic carbocycles. The average molecular weight is 854 g/mol. The molecule has 1 aliphatic rings. The first-order valence-electron chi connectivity index (χ1n) is 9.69. The topological polar surface area (TPSA) is 65.2 Å². The lowest BCUT2D eigenvalue weighted by Gasteiger charge is -2.27. The van der Waals surface area contributed by atoms with Gasteiger partial charge in [0.2, 0.25) is 0 Å². The van der Waals surface area contributed by atoms with E-state index >= 15 is 0 Å². The number of rotatable bonds is 6. The van der Waals surface area contributed by atoms with Crippen LogP contribution in [0.2, 0.25) is 0 Å². The molecule has 0 aliphatic heterocycles. The standard InChI is InChI=1S/C22H22I4N2O2/c23-17-5-15(21(29)19(25)7-17)11-27-9-13-2-1-3-14(4-13)10-28-12-16-6-18(24)8-20(26)22(16)30/h5-8,11-14,29-30H,1-4,9-10H2. The zero-order valence-corrected chi connectivity index (χ0v) is 24.8. The molecule has 3 rings (SSSR count). The second kappa shape index (κ2) is 12.0. The summed E-state index contributed by atoms with van der Waals surface area (Å²) in [6.45, 7) is 1.58. The lowest BCUT2D eigenvalue weighted by atomic mass is 9.81. The van der Waals surface area contributed by atoms with Gasteiger partial charge in [-0.2, -0.15) is 0 Å². The van der Waals surface area contributed by atoms with Crippen LogP contribution in [0.15, 0.2) is 34.3 Å². The van der Waals surface area contributed by atoms with E-state index in [1.54, 1.807) is 0 Å². The maximum Gasteiger partial charge on any atom is 0.137 e. The molecule has 1 fully saturated rings. The fourth-order valence-corrected chi connectivity index (χ4v) is 7.48. The lowest BCUT2D eigenvalue weighted by molar-refractivity contribution is 0.278. The van der Waals surface area contributed by atoms with E-state index in [2.05, 4.69) is 100 Å². The fourth-order valence-electron chi connectivity index (χ4n) is 3.70. The number of benzene rings is 2. The molecule has 4 nitrogen and oxygen atoms in total. The highest BCUT2D eigenvalue weighted by Gasteiger charge is 2.21. The van der Waals surface area contributed by atoms with Gasteiger partial charge in [0.1, 0.15) is 11.5 Å². The molecule has 2 aromatic rings. The van der Waals surface area contributed by atoms with Gasteiger partial charge in [-0.05, 0) is 146 Å². The van der Waals surface area contributed by atoms with Crippen molar-refractivity contribution in [3.63, 3.8) is 0 Å². The second-order valence-corrected chi connectivity index (χ2v) is 12.4. The van der Waals surface area contributed by atoms with Gasteiger partial charge in [-0.3, -0.25) is 9.98 Å². The minimum atomic E-state index is 0.309. The van der Waals surface area contributed by atoms with Crippen molar-refractivity contribution in [3.05, 3.63) is 49.7 Å². The smallest absolute Gasteiger partial charge is 0.137 e. The van der Waals surface area contributed by atoms with Crippen molar-refractivity contribution < 1.29 is 10.2 Å². The molecule has 8 heteroatoms. The van der Waals surface area contributed by atoms with E-state index in [1.165, 1.54) is 19.3 Å². The zero-order chi connectivity index (χ0) is 21.7. The number of phenols is 2. The number of hydrogen-bond acceptors (Lipinski definition) is 4. The first-order chi connectivity index (χ1) is 14.3. The summed E-state index contributed by atoms with van der Waals surface area (Å²) in [5, 5.41) is 20.4. The highest BCUT2D eigenvalue weighted by Crippen LogP contribution is 2.31. The van der Waals surface area contributed by atoms with Crippen LogP contribution in [0.25, 0.3) is 0 Å². The largest absolute Gasteiger partial charge is 0.506 e. The number of phenolic OH excluding ortho intramolecular Hbond substituents is 2. The predicted molar refractivity (Wildman–Crippen MR) is 157 cm³/mol. The number of aromatic hydroxyl groups is 2. The molecule has 0 amide bonds. The lowest BCUT2D eigenvalue weighted by Crippen LogP contribution is -2.20. The Morgan fingerprint density at radius 2 is 1.20 bits per heavy atom. The van der Waals surface area contributed by atoms with Crippen molar-refractivity contribution in [2.75, 3.05) is 13.1 Å². The molecule has 0 heterocycles. The summed E-state index contributed by atoms with van der Waals surface area (Å²) in [4.78, 5) is 9.27. The van der Waals surface area contributed by atoms with Crippen LogP contribution in [-0.4, -0.2) is 35.7 Å². The van der Waals surface area contributed by atoms with E-state index in [0.29, 0.717) is 23.3 Å². The third-order valence-electron chi connectivity index (χ3n) is 5.19. The monoisotopic (exact) mass is 854 g/mol. The minimum Gasteiger partial charge on any atom is -0.506 e. The molecule has 160 valence electrons. The van der Waals surface area contributed by atoms with Crippen LogP contribution < -0.4 is 0 Å². The van der Waals surface area contributed by atoms with Gasteiger partial charge in [-0.15, -0.1) is 0 Å². The summed E-state index contributed by atoms with van der Waals surface area (Å²) < 4.78 is 3.90. The van der Waals surface area contributed by atoms with E-state index in [4.69, 9.17) is 0 Å². The van der Waals surface area contributed by atoms with E-state index in [1.807, 2.05) is 36.7 Å². The Hall–Kier alpha value is 0.300. The summed E-state index contributed by atoms with van der Waals surface area (Å²) in [6.07, 6.45) is 8.34. The molecule has 0 radical (unpaired) electrons. The molecule has 2 aromatic carbocycles. The Kier molecular flexibility index (Phi) is 9.94. The van der Waals surface area contributed by atoms with Crippen molar-refractivity contribution in [3.8, 4) is 11.5 Å². The quantitative estimate of drug-likeness (QED) is 0.247. The van der Waals surface area contributed by atoms with E-state index in [0.717, 1.165) is 44.9 Å². The fraction of sp³-hybridized carbons (Fsp3) is 0.364. The van der Waals surface area contributed by atoms with Crippen molar-refractivity contribution in [2.45, 2.75) is 25.7 Å². The Morgan fingerprint density at radius 1 is 0.767 bits per heavy atom. The molecular formula is C22H22I4N2O2. The van der Waals surface area contributed by atoms with Crippen LogP contribution in [0, 0.1) is 26.1 Å². The zero-order valence-electron chi connectivity index (χ0n) is 16.2. The van der Waals surface area contributed by atoms with Gasteiger partial charge < -0.3 is 10.2 Å². The number of halogens is 4. The van der Waals surface area contributed by atoms with Crippen molar-refractivity contribution in [1.82, 2.24) is 0 Å². The summed E-state index contributed by atoms with van der Waals surface area (Å²) in [5.74, 6) is 1.74. The SMILES string of the molecule is Oc1c(I)cc(I)cc1C=NCC1CCCC(CN=Cc2cc(I)cc(I)c2O)C1. The van der Waals surface area contributed by atoms with E-state index in [9.17, 15) is 10.2 Å². The number of aliphatic imine (C=N–C) groups is 2. The molecule has 2 N–H and O–H groups in total. The van der Waals surface area contributed by atoms with Gasteiger partial charge in [0.15, 0.2) is 0 Å². The summed E-state index contributed by atoms with van der Waals surface area (Å²) in [5.41, 5.74) is 1.57. The molecule has 0 spiro atoms. The molecule has 2 unspecified atom stereocenters. The first-order valence-corrected chi connectivity index (χ1v) is 14.0. The van der Waals surface area contributed by atoms with Crippen molar-refractivity contribution in [1.29, 1.82) is 0 Å². The third-order valence-corrected chi connectivity index (χ3v) is 8.08. The van der Waals surface area contributed by atoms with Crippen molar-refractivity contribution >= 4 is 103 Å². The van der Waals surface area contributed by atoms with Crippen LogP contribution in [0.5, 0.6) is 11.5 Å². The number of hydrogen-bond donors (Lipinski definition) is 2.